The Labute approximate surface area is 221 Å². The Morgan fingerprint density at radius 1 is 1.11 bits per heavy atom. The number of piperidine rings is 1. The van der Waals surface area contributed by atoms with Crippen LogP contribution in [0.25, 0.3) is 5.57 Å². The summed E-state index contributed by atoms with van der Waals surface area (Å²) < 4.78 is 5.51. The van der Waals surface area contributed by atoms with Crippen LogP contribution < -0.4 is 15.4 Å². The second kappa shape index (κ2) is 11.4. The molecule has 2 aromatic carbocycles. The second-order valence-electron chi connectivity index (χ2n) is 9.40. The molecule has 2 aliphatic rings. The number of nitroso groups, excluding NO2 is 1. The number of methoxy groups -OCH3 is 1. The first-order valence-corrected chi connectivity index (χ1v) is 12.6. The summed E-state index contributed by atoms with van der Waals surface area (Å²) in [5.41, 5.74) is 8.19. The number of carbonyl (C=O) groups excluding carboxylic acids is 2. The largest absolute Gasteiger partial charge is 0.496 e. The van der Waals surface area contributed by atoms with Gasteiger partial charge in [-0.1, -0.05) is 12.1 Å². The molecule has 0 atom stereocenters. The third-order valence-corrected chi connectivity index (χ3v) is 7.45. The molecule has 2 heterocycles. The third kappa shape index (κ3) is 4.93. The number of ether oxygens (including phenoxy) is 1. The van der Waals surface area contributed by atoms with Crippen molar-refractivity contribution in [3.8, 4) is 5.75 Å². The Morgan fingerprint density at radius 2 is 1.76 bits per heavy atom. The first-order valence-electron chi connectivity index (χ1n) is 12.6. The Hall–Kier alpha value is -4.34. The quantitative estimate of drug-likeness (QED) is 0.327. The van der Waals surface area contributed by atoms with E-state index < -0.39 is 5.41 Å². The normalized spacial score (nSPS) is 17.6. The molecular formula is C28H32N6O4. The molecule has 38 heavy (non-hydrogen) atoms. The van der Waals surface area contributed by atoms with E-state index in [1.165, 1.54) is 6.20 Å². The van der Waals surface area contributed by atoms with E-state index in [-0.39, 0.29) is 17.6 Å². The summed E-state index contributed by atoms with van der Waals surface area (Å²) >= 11 is 0. The van der Waals surface area contributed by atoms with Crippen LogP contribution in [0.15, 0.2) is 58.8 Å². The number of amidine groups is 1. The van der Waals surface area contributed by atoms with Gasteiger partial charge in [0.15, 0.2) is 5.84 Å². The fourth-order valence-electron chi connectivity index (χ4n) is 5.24. The van der Waals surface area contributed by atoms with Gasteiger partial charge in [-0.15, -0.1) is 4.91 Å². The standard InChI is InChI=1S/C28H32N6O4/c1-3-31-25(32-37)19-4-6-20(7-5-19)26(35)33-13-10-28(11-14-33)12-15-34(27(28)36)22-8-9-23(21(17-29)18-30)24(16-22)38-2/h4-9,16-18,29H,3,10-15,30H2,1-2H3/b21-18+,29-17?,31-25?. The smallest absolute Gasteiger partial charge is 0.253 e. The van der Waals surface area contributed by atoms with Gasteiger partial charge < -0.3 is 25.7 Å². The number of benzene rings is 2. The van der Waals surface area contributed by atoms with Gasteiger partial charge in [0.2, 0.25) is 5.91 Å². The zero-order valence-electron chi connectivity index (χ0n) is 21.6. The second-order valence-corrected chi connectivity index (χ2v) is 9.40. The van der Waals surface area contributed by atoms with Gasteiger partial charge in [-0.25, -0.2) is 0 Å². The lowest BCUT2D eigenvalue weighted by Crippen LogP contribution is -2.46. The Bertz CT molecular complexity index is 1290. The molecule has 10 heteroatoms. The molecule has 3 N–H and O–H groups in total. The van der Waals surface area contributed by atoms with E-state index in [0.717, 1.165) is 18.3 Å². The molecule has 2 aliphatic heterocycles. The maximum absolute atomic E-state index is 13.6. The van der Waals surface area contributed by atoms with Crippen LogP contribution >= 0.6 is 0 Å². The van der Waals surface area contributed by atoms with E-state index in [1.54, 1.807) is 47.2 Å². The number of allylic oxidation sites excluding steroid dienone is 1. The fourth-order valence-corrected chi connectivity index (χ4v) is 5.24. The van der Waals surface area contributed by atoms with Gasteiger partial charge >= 0.3 is 0 Å². The Morgan fingerprint density at radius 3 is 2.34 bits per heavy atom. The zero-order chi connectivity index (χ0) is 27.3. The topological polar surface area (TPSA) is 142 Å². The van der Waals surface area contributed by atoms with Gasteiger partial charge in [0.05, 0.1) is 12.5 Å². The first-order chi connectivity index (χ1) is 18.4. The number of hydrogen-bond acceptors (Lipinski definition) is 7. The van der Waals surface area contributed by atoms with Gasteiger partial charge in [0.1, 0.15) is 5.75 Å². The van der Waals surface area contributed by atoms with Crippen molar-refractivity contribution >= 4 is 35.1 Å². The van der Waals surface area contributed by atoms with Crippen molar-refractivity contribution < 1.29 is 14.3 Å². The summed E-state index contributed by atoms with van der Waals surface area (Å²) in [5.74, 6) is 0.625. The van der Waals surface area contributed by atoms with Crippen LogP contribution in [0, 0.1) is 15.7 Å². The van der Waals surface area contributed by atoms with Crippen molar-refractivity contribution in [2.75, 3.05) is 38.2 Å². The fraction of sp³-hybridized carbons (Fsp3) is 0.357. The molecule has 2 fully saturated rings. The first kappa shape index (κ1) is 26.7. The van der Waals surface area contributed by atoms with Gasteiger partial charge in [-0.3, -0.25) is 14.6 Å². The molecule has 4 rings (SSSR count). The molecule has 0 aromatic heterocycles. The average Bonchev–Trinajstić information content (AvgIpc) is 3.27. The maximum atomic E-state index is 13.6. The number of amides is 2. The number of nitrogens with one attached hydrogen (secondary N) is 1. The molecule has 0 unspecified atom stereocenters. The lowest BCUT2D eigenvalue weighted by Gasteiger charge is -2.38. The highest BCUT2D eigenvalue weighted by atomic mass is 16.5. The number of carbonyl (C=O) groups is 2. The van der Waals surface area contributed by atoms with Gasteiger partial charge in [0.25, 0.3) is 5.91 Å². The summed E-state index contributed by atoms with van der Waals surface area (Å²) in [5, 5.41) is 10.5. The lowest BCUT2D eigenvalue weighted by molar-refractivity contribution is -0.127. The number of aliphatic imine (C=N–C) groups is 1. The van der Waals surface area contributed by atoms with Crippen LogP contribution in [-0.2, 0) is 4.79 Å². The van der Waals surface area contributed by atoms with E-state index in [1.807, 2.05) is 19.1 Å². The van der Waals surface area contributed by atoms with Crippen molar-refractivity contribution in [2.45, 2.75) is 26.2 Å². The van der Waals surface area contributed by atoms with Crippen molar-refractivity contribution in [3.05, 3.63) is 70.3 Å². The minimum Gasteiger partial charge on any atom is -0.496 e. The predicted molar refractivity (Wildman–Crippen MR) is 148 cm³/mol. The van der Waals surface area contributed by atoms with Gasteiger partial charge in [-0.2, -0.15) is 0 Å². The molecule has 1 spiro atoms. The van der Waals surface area contributed by atoms with Crippen LogP contribution in [0.1, 0.15) is 47.7 Å². The van der Waals surface area contributed by atoms with Crippen molar-refractivity contribution in [2.24, 2.45) is 21.3 Å². The molecule has 2 aromatic rings. The average molecular weight is 517 g/mol. The van der Waals surface area contributed by atoms with Crippen LogP contribution in [0.5, 0.6) is 5.75 Å². The lowest BCUT2D eigenvalue weighted by atomic mass is 9.77. The minimum absolute atomic E-state index is 0.0644. The molecular weight excluding hydrogens is 484 g/mol. The highest BCUT2D eigenvalue weighted by Crippen LogP contribution is 2.44. The Balaban J connectivity index is 1.44. The summed E-state index contributed by atoms with van der Waals surface area (Å²) in [6, 6.07) is 12.2. The van der Waals surface area contributed by atoms with E-state index in [4.69, 9.17) is 15.9 Å². The van der Waals surface area contributed by atoms with E-state index in [9.17, 15) is 14.5 Å². The number of hydrogen-bond donors (Lipinski definition) is 2. The van der Waals surface area contributed by atoms with E-state index in [0.29, 0.717) is 67.0 Å². The molecule has 2 saturated heterocycles. The molecule has 0 radical (unpaired) electrons. The zero-order valence-corrected chi connectivity index (χ0v) is 21.6. The minimum atomic E-state index is -0.495. The van der Waals surface area contributed by atoms with Crippen molar-refractivity contribution in [3.63, 3.8) is 0 Å². The third-order valence-electron chi connectivity index (χ3n) is 7.45. The summed E-state index contributed by atoms with van der Waals surface area (Å²) in [7, 11) is 1.55. The highest BCUT2D eigenvalue weighted by Gasteiger charge is 2.49. The number of likely N-dealkylation sites (tertiary alicyclic amines) is 1. The number of anilines is 1. The highest BCUT2D eigenvalue weighted by molar-refractivity contribution is 6.09. The molecule has 2 amide bonds. The van der Waals surface area contributed by atoms with Gasteiger partial charge in [0, 0.05) is 72.6 Å². The number of nitrogens with zero attached hydrogens (tertiary/aromatic N) is 4. The summed E-state index contributed by atoms with van der Waals surface area (Å²) in [6.45, 7) is 3.84. The van der Waals surface area contributed by atoms with Crippen LogP contribution in [0.3, 0.4) is 0 Å². The van der Waals surface area contributed by atoms with E-state index >= 15 is 0 Å². The van der Waals surface area contributed by atoms with Crippen LogP contribution in [0.4, 0.5) is 5.69 Å². The van der Waals surface area contributed by atoms with Crippen molar-refractivity contribution in [1.82, 2.24) is 4.90 Å². The predicted octanol–water partition coefficient (Wildman–Crippen LogP) is 3.84. The van der Waals surface area contributed by atoms with Crippen LogP contribution in [-0.4, -0.2) is 62.1 Å². The SMILES string of the molecule is CCN=C(N=O)c1ccc(C(=O)N2CCC3(CC2)CCN(c2ccc(/C(C=N)=C/N)c(OC)c2)C3=O)cc1. The molecule has 0 saturated carbocycles. The van der Waals surface area contributed by atoms with E-state index in [2.05, 4.69) is 10.2 Å². The maximum Gasteiger partial charge on any atom is 0.253 e. The monoisotopic (exact) mass is 516 g/mol. The van der Waals surface area contributed by atoms with Crippen LogP contribution in [0.2, 0.25) is 0 Å². The molecule has 0 bridgehead atoms. The van der Waals surface area contributed by atoms with Crippen molar-refractivity contribution in [1.29, 1.82) is 5.41 Å². The number of rotatable bonds is 7. The molecule has 0 aliphatic carbocycles. The Kier molecular flexibility index (Phi) is 7.99. The van der Waals surface area contributed by atoms with Gasteiger partial charge in [-0.05, 0) is 55.6 Å². The molecule has 198 valence electrons. The summed E-state index contributed by atoms with van der Waals surface area (Å²) in [6.07, 6.45) is 4.43. The summed E-state index contributed by atoms with van der Waals surface area (Å²) in [4.78, 5) is 45.4. The molecule has 10 nitrogen and oxygen atoms in total. The number of nitrogens with two attached hydrogens (primary N) is 1.